The SMILES string of the molecule is O=CCCNc1nc(-c2cc(-c3ccon3)n(Cc3ccccc3F)n2)ncc1F. The van der Waals surface area contributed by atoms with Gasteiger partial charge in [-0.2, -0.15) is 5.10 Å². The van der Waals surface area contributed by atoms with Crippen LogP contribution in [-0.4, -0.2) is 37.7 Å². The van der Waals surface area contributed by atoms with E-state index >= 15 is 0 Å². The highest BCUT2D eigenvalue weighted by atomic mass is 19.1. The lowest BCUT2D eigenvalue weighted by Crippen LogP contribution is -2.08. The molecule has 0 saturated heterocycles. The van der Waals surface area contributed by atoms with E-state index in [1.54, 1.807) is 35.0 Å². The number of nitrogens with one attached hydrogen (secondary N) is 1. The maximum Gasteiger partial charge on any atom is 0.183 e. The molecule has 0 bridgehead atoms. The van der Waals surface area contributed by atoms with Crippen molar-refractivity contribution in [2.75, 3.05) is 11.9 Å². The van der Waals surface area contributed by atoms with E-state index in [1.165, 1.54) is 12.3 Å². The van der Waals surface area contributed by atoms with E-state index in [2.05, 4.69) is 25.5 Å². The molecular formula is C20H16F2N6O2. The highest BCUT2D eigenvalue weighted by Gasteiger charge is 2.18. The minimum Gasteiger partial charge on any atom is -0.367 e. The van der Waals surface area contributed by atoms with Crippen molar-refractivity contribution in [1.82, 2.24) is 24.9 Å². The molecule has 4 aromatic rings. The lowest BCUT2D eigenvalue weighted by Gasteiger charge is -2.07. The van der Waals surface area contributed by atoms with Gasteiger partial charge in [0.25, 0.3) is 0 Å². The molecule has 0 radical (unpaired) electrons. The summed E-state index contributed by atoms with van der Waals surface area (Å²) in [7, 11) is 0. The van der Waals surface area contributed by atoms with Crippen LogP contribution >= 0.6 is 0 Å². The van der Waals surface area contributed by atoms with E-state index < -0.39 is 5.82 Å². The van der Waals surface area contributed by atoms with Crippen LogP contribution in [0.15, 0.2) is 53.4 Å². The number of aromatic nitrogens is 5. The molecule has 0 atom stereocenters. The number of carbonyl (C=O) groups excluding carboxylic acids is 1. The lowest BCUT2D eigenvalue weighted by atomic mass is 10.2. The van der Waals surface area contributed by atoms with E-state index in [0.29, 0.717) is 22.6 Å². The summed E-state index contributed by atoms with van der Waals surface area (Å²) in [6.07, 6.45) is 3.38. The van der Waals surface area contributed by atoms with Crippen LogP contribution in [0.25, 0.3) is 22.9 Å². The Morgan fingerprint density at radius 2 is 2.00 bits per heavy atom. The highest BCUT2D eigenvalue weighted by molar-refractivity contribution is 5.63. The summed E-state index contributed by atoms with van der Waals surface area (Å²) in [5.41, 5.74) is 1.85. The molecule has 0 amide bonds. The summed E-state index contributed by atoms with van der Waals surface area (Å²) >= 11 is 0. The van der Waals surface area contributed by atoms with Gasteiger partial charge in [-0.1, -0.05) is 23.4 Å². The van der Waals surface area contributed by atoms with Gasteiger partial charge in [-0.15, -0.1) is 0 Å². The van der Waals surface area contributed by atoms with E-state index in [0.717, 1.165) is 12.5 Å². The Hall–Kier alpha value is -3.95. The zero-order valence-corrected chi connectivity index (χ0v) is 15.6. The van der Waals surface area contributed by atoms with E-state index in [4.69, 9.17) is 4.52 Å². The third kappa shape index (κ3) is 4.07. The van der Waals surface area contributed by atoms with Crippen LogP contribution in [0.2, 0.25) is 0 Å². The highest BCUT2D eigenvalue weighted by Crippen LogP contribution is 2.25. The molecule has 1 N–H and O–H groups in total. The fraction of sp³-hybridized carbons (Fsp3) is 0.150. The third-order valence-corrected chi connectivity index (χ3v) is 4.29. The molecule has 3 aromatic heterocycles. The van der Waals surface area contributed by atoms with Gasteiger partial charge in [0.2, 0.25) is 0 Å². The normalized spacial score (nSPS) is 10.9. The molecule has 10 heteroatoms. The van der Waals surface area contributed by atoms with Gasteiger partial charge in [-0.25, -0.2) is 18.7 Å². The molecular weight excluding hydrogens is 394 g/mol. The number of carbonyl (C=O) groups is 1. The van der Waals surface area contributed by atoms with Crippen molar-refractivity contribution in [3.05, 3.63) is 66.1 Å². The van der Waals surface area contributed by atoms with Crippen LogP contribution in [-0.2, 0) is 11.3 Å². The van der Waals surface area contributed by atoms with Crippen molar-refractivity contribution in [1.29, 1.82) is 0 Å². The first-order chi connectivity index (χ1) is 14.7. The average Bonchev–Trinajstić information content (AvgIpc) is 3.41. The molecule has 0 saturated carbocycles. The number of halogens is 2. The predicted octanol–water partition coefficient (Wildman–Crippen LogP) is 3.32. The summed E-state index contributed by atoms with van der Waals surface area (Å²) in [6.45, 7) is 0.378. The molecule has 1 aromatic carbocycles. The number of nitrogens with zero attached hydrogens (tertiary/aromatic N) is 5. The van der Waals surface area contributed by atoms with Gasteiger partial charge in [0.1, 0.15) is 29.8 Å². The Balaban J connectivity index is 1.72. The van der Waals surface area contributed by atoms with E-state index in [-0.39, 0.29) is 37.0 Å². The zero-order valence-electron chi connectivity index (χ0n) is 15.6. The number of benzene rings is 1. The first-order valence-corrected chi connectivity index (χ1v) is 9.08. The van der Waals surface area contributed by atoms with Crippen molar-refractivity contribution in [3.63, 3.8) is 0 Å². The number of hydrogen-bond donors (Lipinski definition) is 1. The maximum absolute atomic E-state index is 14.1. The van der Waals surface area contributed by atoms with Gasteiger partial charge in [0.05, 0.1) is 18.4 Å². The zero-order chi connectivity index (χ0) is 20.9. The van der Waals surface area contributed by atoms with Gasteiger partial charge < -0.3 is 14.6 Å². The minimum atomic E-state index is -0.646. The van der Waals surface area contributed by atoms with Crippen LogP contribution < -0.4 is 5.32 Å². The molecule has 0 spiro atoms. The Kier molecular flexibility index (Phi) is 5.55. The summed E-state index contributed by atoms with van der Waals surface area (Å²) in [4.78, 5) is 18.7. The van der Waals surface area contributed by atoms with Crippen LogP contribution in [0.1, 0.15) is 12.0 Å². The quantitative estimate of drug-likeness (QED) is 0.351. The fourth-order valence-corrected chi connectivity index (χ4v) is 2.85. The second-order valence-corrected chi connectivity index (χ2v) is 6.32. The Morgan fingerprint density at radius 3 is 2.77 bits per heavy atom. The van der Waals surface area contributed by atoms with Gasteiger partial charge in [-0.3, -0.25) is 4.68 Å². The lowest BCUT2D eigenvalue weighted by molar-refractivity contribution is -0.107. The third-order valence-electron chi connectivity index (χ3n) is 4.29. The van der Waals surface area contributed by atoms with Crippen molar-refractivity contribution in [2.24, 2.45) is 0 Å². The molecule has 0 fully saturated rings. The number of hydrogen-bond acceptors (Lipinski definition) is 7. The van der Waals surface area contributed by atoms with Crippen LogP contribution in [0.4, 0.5) is 14.6 Å². The second kappa shape index (κ2) is 8.60. The van der Waals surface area contributed by atoms with Crippen LogP contribution in [0.5, 0.6) is 0 Å². The molecule has 0 aliphatic carbocycles. The molecule has 152 valence electrons. The fourth-order valence-electron chi connectivity index (χ4n) is 2.85. The molecule has 0 aliphatic rings. The molecule has 30 heavy (non-hydrogen) atoms. The number of rotatable bonds is 8. The Labute approximate surface area is 169 Å². The average molecular weight is 410 g/mol. The topological polar surface area (TPSA) is 98.7 Å². The van der Waals surface area contributed by atoms with Crippen LogP contribution in [0.3, 0.4) is 0 Å². The summed E-state index contributed by atoms with van der Waals surface area (Å²) < 4.78 is 34.6. The molecule has 0 unspecified atom stereocenters. The molecule has 3 heterocycles. The maximum atomic E-state index is 14.1. The standard InChI is InChI=1S/C20H16F2N6O2/c21-14-5-2-1-4-13(14)12-28-18(16-6-9-30-27-16)10-17(26-28)20-24-11-15(22)19(25-20)23-7-3-8-29/h1-2,4-6,8-11H,3,7,12H2,(H,23,24,25). The van der Waals surface area contributed by atoms with E-state index in [9.17, 15) is 13.6 Å². The first-order valence-electron chi connectivity index (χ1n) is 9.08. The van der Waals surface area contributed by atoms with Crippen molar-refractivity contribution in [2.45, 2.75) is 13.0 Å². The summed E-state index contributed by atoms with van der Waals surface area (Å²) in [5.74, 6) is -0.872. The van der Waals surface area contributed by atoms with Crippen molar-refractivity contribution < 1.29 is 18.1 Å². The van der Waals surface area contributed by atoms with Gasteiger partial charge in [-0.05, 0) is 12.1 Å². The molecule has 4 rings (SSSR count). The molecule has 0 aliphatic heterocycles. The predicted molar refractivity (Wildman–Crippen MR) is 103 cm³/mol. The number of aldehydes is 1. The van der Waals surface area contributed by atoms with Gasteiger partial charge in [0.15, 0.2) is 17.5 Å². The van der Waals surface area contributed by atoms with Crippen LogP contribution in [0, 0.1) is 11.6 Å². The van der Waals surface area contributed by atoms with E-state index in [1.807, 2.05) is 0 Å². The van der Waals surface area contributed by atoms with Crippen molar-refractivity contribution in [3.8, 4) is 22.9 Å². The van der Waals surface area contributed by atoms with Crippen molar-refractivity contribution >= 4 is 12.1 Å². The smallest absolute Gasteiger partial charge is 0.183 e. The monoisotopic (exact) mass is 410 g/mol. The summed E-state index contributed by atoms with van der Waals surface area (Å²) in [5, 5.41) is 11.2. The summed E-state index contributed by atoms with van der Waals surface area (Å²) in [6, 6.07) is 9.69. The first kappa shape index (κ1) is 19.4. The van der Waals surface area contributed by atoms with Gasteiger partial charge in [0, 0.05) is 24.6 Å². The Morgan fingerprint density at radius 1 is 1.13 bits per heavy atom. The minimum absolute atomic E-state index is 0.0338. The Bertz CT molecular complexity index is 1160. The van der Waals surface area contributed by atoms with Gasteiger partial charge >= 0.3 is 0 Å². The largest absolute Gasteiger partial charge is 0.367 e. The second-order valence-electron chi connectivity index (χ2n) is 6.32. The number of anilines is 1. The molecule has 8 nitrogen and oxygen atoms in total.